The molecule has 0 aliphatic carbocycles. The van der Waals surface area contributed by atoms with Gasteiger partial charge in [-0.05, 0) is 24.3 Å². The van der Waals surface area contributed by atoms with Gasteiger partial charge in [-0.25, -0.2) is 4.98 Å². The number of benzene rings is 1. The minimum atomic E-state index is -0.331. The van der Waals surface area contributed by atoms with E-state index >= 15 is 0 Å². The topological polar surface area (TPSA) is 88.6 Å². The van der Waals surface area contributed by atoms with Crippen LogP contribution in [0.3, 0.4) is 0 Å². The number of thiazole rings is 1. The van der Waals surface area contributed by atoms with Crippen LogP contribution in [0.4, 0.5) is 4.79 Å². The molecule has 25 heavy (non-hydrogen) atoms. The van der Waals surface area contributed by atoms with Gasteiger partial charge in [0.25, 0.3) is 11.1 Å². The normalized spacial score (nSPS) is 14.0. The molecular formula is C16H15N3O4S2. The molecule has 3 rings (SSSR count). The molecule has 1 N–H and O–H groups in total. The van der Waals surface area contributed by atoms with Gasteiger partial charge in [0.2, 0.25) is 5.91 Å². The lowest BCUT2D eigenvalue weighted by Gasteiger charge is -2.12. The number of ether oxygens (including phenoxy) is 1. The van der Waals surface area contributed by atoms with Gasteiger partial charge < -0.3 is 10.1 Å². The van der Waals surface area contributed by atoms with E-state index < -0.39 is 0 Å². The third kappa shape index (κ3) is 3.99. The highest BCUT2D eigenvalue weighted by molar-refractivity contribution is 8.14. The highest BCUT2D eigenvalue weighted by Crippen LogP contribution is 2.25. The van der Waals surface area contributed by atoms with Gasteiger partial charge in [-0.1, -0.05) is 11.8 Å². The Balaban J connectivity index is 1.57. The van der Waals surface area contributed by atoms with Gasteiger partial charge in [-0.15, -0.1) is 11.3 Å². The predicted molar refractivity (Wildman–Crippen MR) is 96.0 cm³/mol. The molecule has 0 radical (unpaired) electrons. The average molecular weight is 377 g/mol. The lowest BCUT2D eigenvalue weighted by Crippen LogP contribution is -2.37. The van der Waals surface area contributed by atoms with Crippen LogP contribution < -0.4 is 10.1 Å². The second kappa shape index (κ2) is 7.66. The second-order valence-corrected chi connectivity index (χ2v) is 6.91. The molecule has 2 aromatic rings. The number of rotatable bonds is 6. The first-order valence-corrected chi connectivity index (χ1v) is 9.30. The van der Waals surface area contributed by atoms with E-state index in [1.807, 2.05) is 24.3 Å². The van der Waals surface area contributed by atoms with Crippen molar-refractivity contribution in [1.29, 1.82) is 0 Å². The van der Waals surface area contributed by atoms with E-state index in [-0.39, 0.29) is 35.9 Å². The van der Waals surface area contributed by atoms with Crippen LogP contribution >= 0.6 is 23.1 Å². The minimum Gasteiger partial charge on any atom is -0.497 e. The van der Waals surface area contributed by atoms with Gasteiger partial charge in [0, 0.05) is 24.0 Å². The number of methoxy groups -OCH3 is 1. The lowest BCUT2D eigenvalue weighted by atomic mass is 10.2. The number of nitrogens with one attached hydrogen (secondary N) is 1. The molecule has 0 saturated carbocycles. The Labute approximate surface area is 152 Å². The number of carbonyl (C=O) groups excluding carboxylic acids is 3. The smallest absolute Gasteiger partial charge is 0.288 e. The van der Waals surface area contributed by atoms with Crippen molar-refractivity contribution in [3.8, 4) is 16.3 Å². The SMILES string of the molecule is COc1ccc(-c2nc(C(=O)NCCN3C(=O)CSC3=O)cs2)cc1. The van der Waals surface area contributed by atoms with Gasteiger partial charge >= 0.3 is 0 Å². The molecule has 0 atom stereocenters. The van der Waals surface area contributed by atoms with Crippen LogP contribution in [0.25, 0.3) is 10.6 Å². The number of aromatic nitrogens is 1. The van der Waals surface area contributed by atoms with E-state index in [4.69, 9.17) is 4.74 Å². The Morgan fingerprint density at radius 3 is 2.72 bits per heavy atom. The van der Waals surface area contributed by atoms with E-state index in [2.05, 4.69) is 10.3 Å². The highest BCUT2D eigenvalue weighted by Gasteiger charge is 2.29. The Morgan fingerprint density at radius 2 is 2.08 bits per heavy atom. The van der Waals surface area contributed by atoms with E-state index in [1.54, 1.807) is 12.5 Å². The van der Waals surface area contributed by atoms with E-state index in [0.717, 1.165) is 33.0 Å². The quantitative estimate of drug-likeness (QED) is 0.831. The van der Waals surface area contributed by atoms with Gasteiger partial charge in [0.05, 0.1) is 12.9 Å². The molecule has 9 heteroatoms. The van der Waals surface area contributed by atoms with Crippen LogP contribution in [-0.2, 0) is 4.79 Å². The number of thioether (sulfide) groups is 1. The highest BCUT2D eigenvalue weighted by atomic mass is 32.2. The van der Waals surface area contributed by atoms with Crippen LogP contribution in [-0.4, -0.2) is 52.9 Å². The molecule has 1 aliphatic heterocycles. The van der Waals surface area contributed by atoms with Gasteiger partial charge in [0.15, 0.2) is 0 Å². The summed E-state index contributed by atoms with van der Waals surface area (Å²) in [5, 5.41) is 4.82. The van der Waals surface area contributed by atoms with Crippen LogP contribution in [0.2, 0.25) is 0 Å². The molecule has 0 spiro atoms. The summed E-state index contributed by atoms with van der Waals surface area (Å²) >= 11 is 2.35. The summed E-state index contributed by atoms with van der Waals surface area (Å²) in [6.45, 7) is 0.373. The second-order valence-electron chi connectivity index (χ2n) is 5.12. The van der Waals surface area contributed by atoms with Crippen LogP contribution in [0.1, 0.15) is 10.5 Å². The zero-order chi connectivity index (χ0) is 17.8. The molecule has 1 aliphatic rings. The van der Waals surface area contributed by atoms with Crippen molar-refractivity contribution in [2.24, 2.45) is 0 Å². The number of amides is 3. The predicted octanol–water partition coefficient (Wildman–Crippen LogP) is 2.24. The largest absolute Gasteiger partial charge is 0.497 e. The molecule has 7 nitrogen and oxygen atoms in total. The van der Waals surface area contributed by atoms with Gasteiger partial charge in [-0.2, -0.15) is 0 Å². The molecule has 1 saturated heterocycles. The summed E-state index contributed by atoms with van der Waals surface area (Å²) in [6, 6.07) is 7.42. The molecule has 130 valence electrons. The maximum absolute atomic E-state index is 12.1. The first-order chi connectivity index (χ1) is 12.1. The first-order valence-electron chi connectivity index (χ1n) is 7.44. The lowest BCUT2D eigenvalue weighted by molar-refractivity contribution is -0.124. The van der Waals surface area contributed by atoms with Crippen molar-refractivity contribution >= 4 is 40.2 Å². The van der Waals surface area contributed by atoms with Crippen molar-refractivity contribution in [3.05, 3.63) is 35.3 Å². The first kappa shape index (κ1) is 17.4. The molecular weight excluding hydrogens is 362 g/mol. The summed E-state index contributed by atoms with van der Waals surface area (Å²) in [5.74, 6) is 0.370. The molecule has 1 fully saturated rings. The molecule has 3 amide bonds. The summed E-state index contributed by atoms with van der Waals surface area (Å²) < 4.78 is 5.12. The third-order valence-electron chi connectivity index (χ3n) is 3.54. The maximum atomic E-state index is 12.1. The monoisotopic (exact) mass is 377 g/mol. The fourth-order valence-corrected chi connectivity index (χ4v) is 3.77. The van der Waals surface area contributed by atoms with Crippen LogP contribution in [0.5, 0.6) is 5.75 Å². The molecule has 1 aromatic carbocycles. The Kier molecular flexibility index (Phi) is 5.34. The molecule has 2 heterocycles. The van der Waals surface area contributed by atoms with Gasteiger partial charge in [0.1, 0.15) is 16.5 Å². The summed E-state index contributed by atoms with van der Waals surface area (Å²) in [5.41, 5.74) is 1.21. The molecule has 1 aromatic heterocycles. The third-order valence-corrected chi connectivity index (χ3v) is 5.29. The van der Waals surface area contributed by atoms with Crippen LogP contribution in [0.15, 0.2) is 29.6 Å². The molecule has 0 bridgehead atoms. The number of carbonyl (C=O) groups is 3. The fourth-order valence-electron chi connectivity index (χ4n) is 2.21. The number of hydrogen-bond donors (Lipinski definition) is 1. The summed E-state index contributed by atoms with van der Waals surface area (Å²) in [7, 11) is 1.60. The molecule has 0 unspecified atom stereocenters. The van der Waals surface area contributed by atoms with Crippen molar-refractivity contribution in [2.45, 2.75) is 0 Å². The number of imide groups is 1. The maximum Gasteiger partial charge on any atom is 0.288 e. The fraction of sp³-hybridized carbons (Fsp3) is 0.250. The Bertz CT molecular complexity index is 788. The standard InChI is InChI=1S/C16H15N3O4S2/c1-23-11-4-2-10(3-5-11)15-18-12(8-24-15)14(21)17-6-7-19-13(20)9-25-16(19)22/h2-5,8H,6-7,9H2,1H3,(H,17,21). The van der Waals surface area contributed by atoms with E-state index in [1.165, 1.54) is 11.3 Å². The zero-order valence-electron chi connectivity index (χ0n) is 13.4. The van der Waals surface area contributed by atoms with Crippen molar-refractivity contribution in [2.75, 3.05) is 26.0 Å². The van der Waals surface area contributed by atoms with Crippen molar-refractivity contribution < 1.29 is 19.1 Å². The number of nitrogens with zero attached hydrogens (tertiary/aromatic N) is 2. The Hall–Kier alpha value is -2.39. The van der Waals surface area contributed by atoms with E-state index in [0.29, 0.717) is 5.69 Å². The van der Waals surface area contributed by atoms with Gasteiger partial charge in [-0.3, -0.25) is 19.3 Å². The Morgan fingerprint density at radius 1 is 1.32 bits per heavy atom. The van der Waals surface area contributed by atoms with Crippen molar-refractivity contribution in [1.82, 2.24) is 15.2 Å². The summed E-state index contributed by atoms with van der Waals surface area (Å²) in [4.78, 5) is 40.6. The van der Waals surface area contributed by atoms with Crippen molar-refractivity contribution in [3.63, 3.8) is 0 Å². The number of hydrogen-bond acceptors (Lipinski definition) is 7. The summed E-state index contributed by atoms with van der Waals surface area (Å²) in [6.07, 6.45) is 0. The zero-order valence-corrected chi connectivity index (χ0v) is 15.0. The average Bonchev–Trinajstić information content (AvgIpc) is 3.24. The van der Waals surface area contributed by atoms with Crippen LogP contribution in [0, 0.1) is 0 Å². The van der Waals surface area contributed by atoms with E-state index in [9.17, 15) is 14.4 Å². The minimum absolute atomic E-state index is 0.171.